The molecule has 10 atom stereocenters. The number of thioether (sulfide) groups is 1. The predicted molar refractivity (Wildman–Crippen MR) is 356 cm³/mol. The van der Waals surface area contributed by atoms with E-state index in [2.05, 4.69) is 47.5 Å². The Morgan fingerprint density at radius 3 is 1.51 bits per heavy atom. The number of nitrogens with zero attached hydrogens (tertiary/aromatic N) is 3. The normalized spacial score (nSPS) is 16.8. The molecule has 2 fully saturated rings. The number of rotatable bonds is 42. The van der Waals surface area contributed by atoms with Gasteiger partial charge in [0, 0.05) is 45.3 Å². The van der Waals surface area contributed by atoms with E-state index in [4.69, 9.17) is 40.1 Å². The minimum atomic E-state index is -1.64. The van der Waals surface area contributed by atoms with Gasteiger partial charge in [0.05, 0.1) is 12.6 Å². The molecule has 22 N–H and O–H groups in total. The Morgan fingerprint density at radius 2 is 1.01 bits per heavy atom. The fourth-order valence-corrected chi connectivity index (χ4v) is 11.5. The smallest absolute Gasteiger partial charge is 0.245 e. The minimum Gasteiger partial charge on any atom is -0.370 e. The molecule has 524 valence electrons. The Morgan fingerprint density at radius 1 is 0.537 bits per heavy atom. The maximum Gasteiger partial charge on any atom is 0.245 e. The van der Waals surface area contributed by atoms with Crippen LogP contribution in [0.5, 0.6) is 0 Å². The molecule has 0 bridgehead atoms. The van der Waals surface area contributed by atoms with Gasteiger partial charge in [-0.3, -0.25) is 67.3 Å². The zero-order valence-electron chi connectivity index (χ0n) is 54.5. The number of likely N-dealkylation sites (tertiary alicyclic amines) is 2. The van der Waals surface area contributed by atoms with Crippen LogP contribution < -0.4 is 82.7 Å². The van der Waals surface area contributed by atoms with Crippen molar-refractivity contribution in [3.05, 3.63) is 71.8 Å². The summed E-state index contributed by atoms with van der Waals surface area (Å²) in [6, 6.07) is 4.51. The molecule has 0 aromatic heterocycles. The number of guanidine groups is 1. The van der Waals surface area contributed by atoms with Crippen molar-refractivity contribution in [2.45, 2.75) is 183 Å². The van der Waals surface area contributed by atoms with Crippen LogP contribution >= 0.6 is 11.8 Å². The first-order chi connectivity index (χ1) is 45.2. The summed E-state index contributed by atoms with van der Waals surface area (Å²) in [5.74, 6) is -9.80. The Hall–Kier alpha value is -8.91. The summed E-state index contributed by atoms with van der Waals surface area (Å²) in [6.07, 6.45) is 3.12. The summed E-state index contributed by atoms with van der Waals surface area (Å²) in [7, 11) is 0. The molecule has 2 aromatic carbocycles. The van der Waals surface area contributed by atoms with Crippen molar-refractivity contribution < 1.29 is 62.3 Å². The first kappa shape index (κ1) is 78.5. The molecular weight excluding hydrogens is 1250 g/mol. The lowest BCUT2D eigenvalue weighted by atomic mass is 10.0. The molecule has 0 saturated carbocycles. The molecule has 2 aliphatic heterocycles. The number of nitrogens with two attached hydrogens (primary N) is 7. The van der Waals surface area contributed by atoms with Crippen molar-refractivity contribution in [3.63, 3.8) is 0 Å². The average molecular weight is 1350 g/mol. The standard InChI is InChI=1S/C63H98N18O13S/c1-37(2)33-45(57(89)74-41(53(68)85)27-32-95-3)73-52(84)36-72-54(86)46(34-38-15-6-4-7-16-38)78-58(90)47(35-39-17-8-5-9-18-39)79-56(88)42(23-25-50(66)82)75-55(87)43(24-26-51(67)83)76-59(91)49-22-14-31-81(49)62(94)44(20-10-11-28-64)77-60(92)48-21-13-30-80(48)61(93)40(65)19-12-29-71-63(69)70/h4-9,15-18,37,40-49H,10-14,19-36,64-65H2,1-3H3,(H2,66,82)(H2,67,83)(H2,68,85)(H,72,86)(H,73,84)(H,74,89)(H,75,87)(H,76,91)(H,77,92)(H,78,90)(H,79,88)(H4,69,70,71)/t40-,41-,42-,43-,44-,45-,46-,47-,48+,49-/m0/s1. The first-order valence-corrected chi connectivity index (χ1v) is 33.6. The quantitative estimate of drug-likeness (QED) is 0.0173. The van der Waals surface area contributed by atoms with Gasteiger partial charge in [0.1, 0.15) is 54.4 Å². The topological polar surface area (TPSA) is 519 Å². The van der Waals surface area contributed by atoms with Gasteiger partial charge < -0.3 is 92.5 Å². The number of hydrogen-bond acceptors (Lipinski definition) is 17. The van der Waals surface area contributed by atoms with E-state index in [0.717, 1.165) is 0 Å². The van der Waals surface area contributed by atoms with Crippen LogP contribution in [0.15, 0.2) is 65.7 Å². The van der Waals surface area contributed by atoms with Gasteiger partial charge in [-0.2, -0.15) is 11.8 Å². The third kappa shape index (κ3) is 27.5. The van der Waals surface area contributed by atoms with Crippen molar-refractivity contribution in [2.75, 3.05) is 44.7 Å². The van der Waals surface area contributed by atoms with E-state index in [9.17, 15) is 62.3 Å². The first-order valence-electron chi connectivity index (χ1n) is 32.2. The Labute approximate surface area is 558 Å². The molecule has 31 nitrogen and oxygen atoms in total. The number of benzene rings is 2. The van der Waals surface area contributed by atoms with Gasteiger partial charge in [0.2, 0.25) is 76.8 Å². The summed E-state index contributed by atoms with van der Waals surface area (Å²) in [5, 5.41) is 21.1. The maximum atomic E-state index is 14.7. The summed E-state index contributed by atoms with van der Waals surface area (Å²) in [5.41, 5.74) is 40.6. The van der Waals surface area contributed by atoms with Crippen LogP contribution in [0.4, 0.5) is 0 Å². The lowest BCUT2D eigenvalue weighted by Gasteiger charge is -2.32. The molecule has 4 rings (SSSR count). The number of carbonyl (C=O) groups excluding carboxylic acids is 13. The molecule has 0 aliphatic carbocycles. The molecule has 0 unspecified atom stereocenters. The van der Waals surface area contributed by atoms with Crippen LogP contribution in [0.2, 0.25) is 0 Å². The highest BCUT2D eigenvalue weighted by atomic mass is 32.2. The molecular formula is C63H98N18O13S. The van der Waals surface area contributed by atoms with Crippen LogP contribution in [-0.4, -0.2) is 198 Å². The lowest BCUT2D eigenvalue weighted by molar-refractivity contribution is -0.144. The summed E-state index contributed by atoms with van der Waals surface area (Å²) >= 11 is 1.45. The molecule has 2 saturated heterocycles. The number of nitrogens with one attached hydrogen (secondary N) is 8. The van der Waals surface area contributed by atoms with E-state index >= 15 is 0 Å². The number of amides is 13. The molecule has 2 heterocycles. The summed E-state index contributed by atoms with van der Waals surface area (Å²) in [6.45, 7) is 3.86. The van der Waals surface area contributed by atoms with E-state index < -0.39 is 169 Å². The second-order valence-electron chi connectivity index (χ2n) is 24.1. The highest BCUT2D eigenvalue weighted by Crippen LogP contribution is 2.24. The Bertz CT molecular complexity index is 2960. The third-order valence-corrected chi connectivity index (χ3v) is 16.7. The number of unbranched alkanes of at least 4 members (excludes halogenated alkanes) is 1. The fourth-order valence-electron chi connectivity index (χ4n) is 11.0. The van der Waals surface area contributed by atoms with Gasteiger partial charge >= 0.3 is 0 Å². The highest BCUT2D eigenvalue weighted by Gasteiger charge is 2.42. The zero-order chi connectivity index (χ0) is 70.1. The van der Waals surface area contributed by atoms with Crippen molar-refractivity contribution in [2.24, 2.45) is 51.0 Å². The second kappa shape index (κ2) is 41.0. The van der Waals surface area contributed by atoms with Crippen molar-refractivity contribution in [1.29, 1.82) is 0 Å². The highest BCUT2D eigenvalue weighted by molar-refractivity contribution is 7.98. The number of carbonyl (C=O) groups is 13. The molecule has 13 amide bonds. The number of hydrogen-bond donors (Lipinski definition) is 15. The molecule has 95 heavy (non-hydrogen) atoms. The van der Waals surface area contributed by atoms with Crippen molar-refractivity contribution >= 4 is 94.5 Å². The van der Waals surface area contributed by atoms with E-state index in [1.165, 1.54) is 21.6 Å². The molecule has 2 aliphatic rings. The van der Waals surface area contributed by atoms with Crippen LogP contribution in [0.3, 0.4) is 0 Å². The third-order valence-electron chi connectivity index (χ3n) is 16.0. The molecule has 0 spiro atoms. The number of primary amides is 3. The average Bonchev–Trinajstić information content (AvgIpc) is 1.74. The number of aliphatic imine (C=N–C) groups is 1. The SMILES string of the molecule is CSCC[C@H](NC(=O)[C@H](CC(C)C)NC(=O)CNC(=O)[C@H](Cc1ccccc1)NC(=O)[C@H](Cc1ccccc1)NC(=O)[C@H](CCC(N)=O)NC(=O)[C@H](CCC(N)=O)NC(=O)[C@@H]1CCCN1C(=O)[C@H](CCCCN)NC(=O)[C@H]1CCCN1C(=O)[C@@H](N)CCCN=C(N)N)C(N)=O. The minimum absolute atomic E-state index is 0.0736. The monoisotopic (exact) mass is 1350 g/mol. The van der Waals surface area contributed by atoms with Gasteiger partial charge in [-0.25, -0.2) is 0 Å². The molecule has 2 aromatic rings. The Balaban J connectivity index is 1.56. The summed E-state index contributed by atoms with van der Waals surface area (Å²) < 4.78 is 0. The van der Waals surface area contributed by atoms with Gasteiger partial charge in [0.25, 0.3) is 0 Å². The van der Waals surface area contributed by atoms with Crippen LogP contribution in [0.25, 0.3) is 0 Å². The lowest BCUT2D eigenvalue weighted by Crippen LogP contribution is -2.60. The van der Waals surface area contributed by atoms with E-state index in [-0.39, 0.29) is 83.0 Å². The summed E-state index contributed by atoms with van der Waals surface area (Å²) in [4.78, 5) is 185. The van der Waals surface area contributed by atoms with E-state index in [1.807, 2.05) is 20.1 Å². The van der Waals surface area contributed by atoms with E-state index in [0.29, 0.717) is 55.4 Å². The van der Waals surface area contributed by atoms with Crippen molar-refractivity contribution in [3.8, 4) is 0 Å². The van der Waals surface area contributed by atoms with Gasteiger partial charge in [-0.05, 0) is 119 Å². The predicted octanol–water partition coefficient (Wildman–Crippen LogP) is -3.71. The van der Waals surface area contributed by atoms with Crippen molar-refractivity contribution in [1.82, 2.24) is 52.3 Å². The second-order valence-corrected chi connectivity index (χ2v) is 25.1. The fraction of sp³-hybridized carbons (Fsp3) is 0.587. The van der Waals surface area contributed by atoms with Gasteiger partial charge in [-0.15, -0.1) is 0 Å². The van der Waals surface area contributed by atoms with Gasteiger partial charge in [-0.1, -0.05) is 74.5 Å². The largest absolute Gasteiger partial charge is 0.370 e. The van der Waals surface area contributed by atoms with Crippen LogP contribution in [0, 0.1) is 5.92 Å². The van der Waals surface area contributed by atoms with Gasteiger partial charge in [0.15, 0.2) is 5.96 Å². The van der Waals surface area contributed by atoms with E-state index in [1.54, 1.807) is 60.7 Å². The molecule has 32 heteroatoms. The van der Waals surface area contributed by atoms with Crippen LogP contribution in [-0.2, 0) is 75.2 Å². The Kier molecular flexibility index (Phi) is 33.9. The maximum absolute atomic E-state index is 14.7. The zero-order valence-corrected chi connectivity index (χ0v) is 55.3. The molecule has 0 radical (unpaired) electrons. The van der Waals surface area contributed by atoms with Crippen LogP contribution in [0.1, 0.15) is 121 Å².